The maximum atomic E-state index is 12.7. The van der Waals surface area contributed by atoms with Gasteiger partial charge in [0.2, 0.25) is 0 Å². The number of hydrogen-bond acceptors (Lipinski definition) is 7. The number of carbonyl (C=O) groups is 1. The van der Waals surface area contributed by atoms with E-state index in [1.165, 1.54) is 40.5 Å². The Morgan fingerprint density at radius 2 is 1.91 bits per heavy atom. The molecule has 0 fully saturated rings. The number of para-hydroxylation sites is 1. The lowest BCUT2D eigenvalue weighted by Crippen LogP contribution is -2.16. The lowest BCUT2D eigenvalue weighted by Gasteiger charge is -2.17. The van der Waals surface area contributed by atoms with Crippen LogP contribution in [0, 0.1) is 5.92 Å². The van der Waals surface area contributed by atoms with Crippen molar-refractivity contribution in [3.63, 3.8) is 0 Å². The molecule has 2 aromatic carbocycles. The Bertz CT molecular complexity index is 1560. The monoisotopic (exact) mass is 509 g/mol. The number of fused-ring (bicyclic) bond motifs is 3. The largest absolute Gasteiger partial charge is 0.454 e. The minimum Gasteiger partial charge on any atom is -0.454 e. The van der Waals surface area contributed by atoms with Crippen molar-refractivity contribution in [2.75, 3.05) is 4.72 Å². The van der Waals surface area contributed by atoms with E-state index in [0.717, 1.165) is 24.8 Å². The molecule has 0 bridgehead atoms. The number of nitrogens with one attached hydrogen (secondary N) is 2. The third-order valence-corrected chi connectivity index (χ3v) is 8.53. The molecule has 10 heteroatoms. The quantitative estimate of drug-likeness (QED) is 0.375. The highest BCUT2D eigenvalue weighted by Gasteiger charge is 2.23. The molecule has 0 aliphatic heterocycles. The van der Waals surface area contributed by atoms with Crippen molar-refractivity contribution in [3.8, 4) is 0 Å². The van der Waals surface area contributed by atoms with Crippen molar-refractivity contribution >= 4 is 43.2 Å². The lowest BCUT2D eigenvalue weighted by atomic mass is 9.89. The Morgan fingerprint density at radius 3 is 2.66 bits per heavy atom. The van der Waals surface area contributed by atoms with Crippen molar-refractivity contribution in [2.24, 2.45) is 5.92 Å². The van der Waals surface area contributed by atoms with Gasteiger partial charge in [-0.1, -0.05) is 25.1 Å². The van der Waals surface area contributed by atoms with E-state index in [2.05, 4.69) is 21.6 Å². The fourth-order valence-corrected chi connectivity index (χ4v) is 6.63. The third kappa shape index (κ3) is 4.85. The third-order valence-electron chi connectivity index (χ3n) is 5.98. The summed E-state index contributed by atoms with van der Waals surface area (Å²) in [5.74, 6) is 0.214. The summed E-state index contributed by atoms with van der Waals surface area (Å²) in [6, 6.07) is 14.0. The summed E-state index contributed by atoms with van der Waals surface area (Å²) in [6.07, 6.45) is 2.88. The van der Waals surface area contributed by atoms with Gasteiger partial charge in [0.25, 0.3) is 15.6 Å². The number of carbonyl (C=O) groups excluding carboxylic acids is 1. The van der Waals surface area contributed by atoms with Crippen LogP contribution in [0.4, 0.5) is 5.69 Å². The Hall–Kier alpha value is -3.50. The number of H-pyrrole nitrogens is 1. The highest BCUT2D eigenvalue weighted by Crippen LogP contribution is 2.35. The van der Waals surface area contributed by atoms with E-state index in [0.29, 0.717) is 21.8 Å². The van der Waals surface area contributed by atoms with Gasteiger partial charge in [0, 0.05) is 10.6 Å². The summed E-state index contributed by atoms with van der Waals surface area (Å²) in [5, 5.41) is 0.646. The Balaban J connectivity index is 1.28. The van der Waals surface area contributed by atoms with Gasteiger partial charge >= 0.3 is 5.97 Å². The van der Waals surface area contributed by atoms with Crippen molar-refractivity contribution in [2.45, 2.75) is 37.7 Å². The van der Waals surface area contributed by atoms with Crippen LogP contribution >= 0.6 is 11.3 Å². The molecule has 1 atom stereocenters. The van der Waals surface area contributed by atoms with Crippen LogP contribution in [-0.2, 0) is 34.2 Å². The number of hydrogen-bond donors (Lipinski definition) is 2. The topological polar surface area (TPSA) is 118 Å². The molecule has 0 saturated heterocycles. The minimum absolute atomic E-state index is 0.0188. The molecule has 5 rings (SSSR count). The van der Waals surface area contributed by atoms with E-state index >= 15 is 0 Å². The number of aromatic amines is 1. The summed E-state index contributed by atoms with van der Waals surface area (Å²) in [7, 11) is -3.79. The van der Waals surface area contributed by atoms with Crippen LogP contribution in [0.2, 0.25) is 0 Å². The highest BCUT2D eigenvalue weighted by atomic mass is 32.2. The molecule has 2 aromatic heterocycles. The highest BCUT2D eigenvalue weighted by molar-refractivity contribution is 7.92. The second-order valence-corrected chi connectivity index (χ2v) is 11.4. The zero-order valence-corrected chi connectivity index (χ0v) is 20.5. The van der Waals surface area contributed by atoms with Gasteiger partial charge in [-0.05, 0) is 67.1 Å². The normalized spacial score (nSPS) is 15.5. The maximum absolute atomic E-state index is 12.7. The molecule has 0 unspecified atom stereocenters. The van der Waals surface area contributed by atoms with Gasteiger partial charge in [0.1, 0.15) is 17.3 Å². The second kappa shape index (κ2) is 9.27. The molecular formula is C25H23N3O5S2. The van der Waals surface area contributed by atoms with Gasteiger partial charge in [0.05, 0.1) is 15.8 Å². The van der Waals surface area contributed by atoms with E-state index < -0.39 is 16.0 Å². The minimum atomic E-state index is -3.79. The summed E-state index contributed by atoms with van der Waals surface area (Å²) in [6.45, 7) is 2.01. The predicted octanol–water partition coefficient (Wildman–Crippen LogP) is 4.27. The van der Waals surface area contributed by atoms with Crippen LogP contribution in [-0.4, -0.2) is 24.4 Å². The van der Waals surface area contributed by atoms with Crippen LogP contribution in [0.1, 0.15) is 40.0 Å². The van der Waals surface area contributed by atoms with Crippen LogP contribution in [0.25, 0.3) is 10.2 Å². The van der Waals surface area contributed by atoms with Gasteiger partial charge in [0.15, 0.2) is 0 Å². The van der Waals surface area contributed by atoms with Crippen molar-refractivity contribution < 1.29 is 17.9 Å². The number of anilines is 1. The lowest BCUT2D eigenvalue weighted by molar-refractivity contribution is 0.0462. The van der Waals surface area contributed by atoms with Crippen molar-refractivity contribution in [3.05, 3.63) is 86.8 Å². The standard InChI is InChI=1S/C25H23N3O5S2/c1-15-7-12-19-20(13-15)34-24-22(19)23(29)26-21(27-24)14-33-25(30)16-8-10-18(11-9-16)35(31,32)28-17-5-3-2-4-6-17/h2-6,8-11,15,28H,7,12-14H2,1H3,(H,26,27,29)/t15-/m1/s1. The smallest absolute Gasteiger partial charge is 0.338 e. The molecule has 35 heavy (non-hydrogen) atoms. The first-order chi connectivity index (χ1) is 16.8. The first kappa shape index (κ1) is 23.3. The number of esters is 1. The molecular weight excluding hydrogens is 486 g/mol. The van der Waals surface area contributed by atoms with Gasteiger partial charge in [-0.2, -0.15) is 0 Å². The average molecular weight is 510 g/mol. The van der Waals surface area contributed by atoms with Crippen LogP contribution < -0.4 is 10.3 Å². The maximum Gasteiger partial charge on any atom is 0.338 e. The van der Waals surface area contributed by atoms with Crippen LogP contribution in [0.5, 0.6) is 0 Å². The molecule has 2 N–H and O–H groups in total. The zero-order valence-electron chi connectivity index (χ0n) is 18.9. The number of rotatable bonds is 6. The van der Waals surface area contributed by atoms with E-state index in [-0.39, 0.29) is 28.4 Å². The second-order valence-electron chi connectivity index (χ2n) is 8.62. The summed E-state index contributed by atoms with van der Waals surface area (Å²) in [5.41, 5.74) is 1.51. The molecule has 1 aliphatic rings. The number of benzene rings is 2. The van der Waals surface area contributed by atoms with Crippen LogP contribution in [0.15, 0.2) is 64.3 Å². The molecule has 2 heterocycles. The van der Waals surface area contributed by atoms with Gasteiger partial charge in [-0.25, -0.2) is 18.2 Å². The van der Waals surface area contributed by atoms with E-state index in [9.17, 15) is 18.0 Å². The van der Waals surface area contributed by atoms with E-state index in [4.69, 9.17) is 4.74 Å². The molecule has 4 aromatic rings. The predicted molar refractivity (Wildman–Crippen MR) is 134 cm³/mol. The fourth-order valence-electron chi connectivity index (χ4n) is 4.17. The number of aryl methyl sites for hydroxylation is 1. The summed E-state index contributed by atoms with van der Waals surface area (Å²) >= 11 is 1.53. The average Bonchev–Trinajstić information content (AvgIpc) is 3.21. The first-order valence-corrected chi connectivity index (χ1v) is 13.5. The molecule has 0 saturated carbocycles. The Morgan fingerprint density at radius 1 is 1.17 bits per heavy atom. The fraction of sp³-hybridized carbons (Fsp3) is 0.240. The molecule has 0 spiro atoms. The van der Waals surface area contributed by atoms with Crippen LogP contribution in [0.3, 0.4) is 0 Å². The number of sulfonamides is 1. The van der Waals surface area contributed by atoms with E-state index in [1.54, 1.807) is 30.3 Å². The number of nitrogens with zero attached hydrogens (tertiary/aromatic N) is 1. The van der Waals surface area contributed by atoms with Gasteiger partial charge in [-0.15, -0.1) is 11.3 Å². The van der Waals surface area contributed by atoms with Gasteiger partial charge in [-0.3, -0.25) is 9.52 Å². The molecule has 1 aliphatic carbocycles. The zero-order chi connectivity index (χ0) is 24.6. The number of ether oxygens (including phenoxy) is 1. The Kier molecular flexibility index (Phi) is 6.16. The number of aromatic nitrogens is 2. The molecule has 8 nitrogen and oxygen atoms in total. The molecule has 0 radical (unpaired) electrons. The number of thiophene rings is 1. The summed E-state index contributed by atoms with van der Waals surface area (Å²) < 4.78 is 32.9. The van der Waals surface area contributed by atoms with Crippen molar-refractivity contribution in [1.29, 1.82) is 0 Å². The van der Waals surface area contributed by atoms with E-state index in [1.807, 2.05) is 0 Å². The molecule has 180 valence electrons. The SMILES string of the molecule is C[C@@H]1CCc2c(sc3nc(COC(=O)c4ccc(S(=O)(=O)Nc5ccccc5)cc4)[nH]c(=O)c23)C1. The molecule has 0 amide bonds. The first-order valence-electron chi connectivity index (χ1n) is 11.2. The van der Waals surface area contributed by atoms with Crippen molar-refractivity contribution in [1.82, 2.24) is 9.97 Å². The Labute approximate surface area is 206 Å². The summed E-state index contributed by atoms with van der Waals surface area (Å²) in [4.78, 5) is 34.4. The van der Waals surface area contributed by atoms with Gasteiger partial charge < -0.3 is 9.72 Å².